The maximum Gasteiger partial charge on any atom is 0.337 e. The van der Waals surface area contributed by atoms with Crippen LogP contribution in [0.4, 0.5) is 4.39 Å². The number of benzene rings is 1. The summed E-state index contributed by atoms with van der Waals surface area (Å²) in [5, 5.41) is 0. The third-order valence-electron chi connectivity index (χ3n) is 4.09. The third kappa shape index (κ3) is 3.90. The van der Waals surface area contributed by atoms with Crippen LogP contribution in [-0.2, 0) is 16.0 Å². The fourth-order valence-corrected chi connectivity index (χ4v) is 2.79. The Morgan fingerprint density at radius 3 is 2.52 bits per heavy atom. The second kappa shape index (κ2) is 6.83. The number of methoxy groups -OCH3 is 1. The first-order valence-corrected chi connectivity index (χ1v) is 7.45. The molecule has 0 aromatic heterocycles. The van der Waals surface area contributed by atoms with Crippen molar-refractivity contribution >= 4 is 11.8 Å². The largest absolute Gasteiger partial charge is 0.465 e. The molecule has 114 valence electrons. The number of carbonyl (C=O) groups is 2. The number of Topliss-reactive ketones (excluding diaryl/α,β-unsaturated/α-hetero) is 1. The van der Waals surface area contributed by atoms with Crippen LogP contribution < -0.4 is 0 Å². The SMILES string of the molecule is COC(=O)c1ccc(CC2(F)CCCCCCC2=O)cc1. The Balaban J connectivity index is 2.11. The van der Waals surface area contributed by atoms with Crippen molar-refractivity contribution in [3.8, 4) is 0 Å². The second-order valence-corrected chi connectivity index (χ2v) is 5.67. The Labute approximate surface area is 124 Å². The van der Waals surface area contributed by atoms with E-state index < -0.39 is 11.6 Å². The van der Waals surface area contributed by atoms with Gasteiger partial charge in [-0.15, -0.1) is 0 Å². The number of ketones is 1. The van der Waals surface area contributed by atoms with E-state index in [1.807, 2.05) is 0 Å². The molecule has 3 nitrogen and oxygen atoms in total. The topological polar surface area (TPSA) is 43.4 Å². The summed E-state index contributed by atoms with van der Waals surface area (Å²) in [7, 11) is 1.32. The maximum absolute atomic E-state index is 15.0. The van der Waals surface area contributed by atoms with E-state index in [4.69, 9.17) is 0 Å². The molecule has 0 radical (unpaired) electrons. The van der Waals surface area contributed by atoms with Gasteiger partial charge in [0.05, 0.1) is 12.7 Å². The molecule has 1 aromatic carbocycles. The predicted octanol–water partition coefficient (Wildman–Crippen LogP) is 3.65. The van der Waals surface area contributed by atoms with Gasteiger partial charge in [0.2, 0.25) is 0 Å². The van der Waals surface area contributed by atoms with Crippen molar-refractivity contribution in [3.63, 3.8) is 0 Å². The molecule has 0 spiro atoms. The molecule has 0 amide bonds. The average Bonchev–Trinajstić information content (AvgIpc) is 2.49. The molecular weight excluding hydrogens is 271 g/mol. The molecule has 0 heterocycles. The molecular formula is C17H21FO3. The smallest absolute Gasteiger partial charge is 0.337 e. The maximum atomic E-state index is 15.0. The summed E-state index contributed by atoms with van der Waals surface area (Å²) in [4.78, 5) is 23.4. The first kappa shape index (κ1) is 15.7. The van der Waals surface area contributed by atoms with Crippen molar-refractivity contribution < 1.29 is 18.7 Å². The van der Waals surface area contributed by atoms with E-state index >= 15 is 0 Å². The van der Waals surface area contributed by atoms with Gasteiger partial charge in [-0.1, -0.05) is 25.0 Å². The van der Waals surface area contributed by atoms with E-state index in [0.717, 1.165) is 31.2 Å². The number of carbonyl (C=O) groups excluding carboxylic acids is 2. The van der Waals surface area contributed by atoms with Crippen LogP contribution in [0.2, 0.25) is 0 Å². The number of rotatable bonds is 3. The lowest BCUT2D eigenvalue weighted by atomic mass is 9.83. The lowest BCUT2D eigenvalue weighted by molar-refractivity contribution is -0.131. The molecule has 0 N–H and O–H groups in total. The van der Waals surface area contributed by atoms with Gasteiger partial charge in [0.25, 0.3) is 0 Å². The van der Waals surface area contributed by atoms with E-state index in [2.05, 4.69) is 4.74 Å². The van der Waals surface area contributed by atoms with Crippen molar-refractivity contribution in [1.29, 1.82) is 0 Å². The molecule has 0 saturated heterocycles. The zero-order valence-electron chi connectivity index (χ0n) is 12.4. The van der Waals surface area contributed by atoms with E-state index in [1.54, 1.807) is 24.3 Å². The molecule has 1 fully saturated rings. The van der Waals surface area contributed by atoms with Crippen molar-refractivity contribution in [2.75, 3.05) is 7.11 Å². The highest BCUT2D eigenvalue weighted by atomic mass is 19.1. The summed E-state index contributed by atoms with van der Waals surface area (Å²) in [6, 6.07) is 6.61. The van der Waals surface area contributed by atoms with Gasteiger partial charge in [0, 0.05) is 12.8 Å². The zero-order chi connectivity index (χ0) is 15.3. The summed E-state index contributed by atoms with van der Waals surface area (Å²) in [6.45, 7) is 0. The van der Waals surface area contributed by atoms with Crippen LogP contribution in [-0.4, -0.2) is 24.5 Å². The number of esters is 1. The van der Waals surface area contributed by atoms with Gasteiger partial charge in [-0.2, -0.15) is 0 Å². The fourth-order valence-electron chi connectivity index (χ4n) is 2.79. The molecule has 2 rings (SSSR count). The predicted molar refractivity (Wildman–Crippen MR) is 78.0 cm³/mol. The Morgan fingerprint density at radius 2 is 1.86 bits per heavy atom. The van der Waals surface area contributed by atoms with Crippen LogP contribution in [0.25, 0.3) is 0 Å². The van der Waals surface area contributed by atoms with E-state index in [-0.39, 0.29) is 12.2 Å². The van der Waals surface area contributed by atoms with Crippen LogP contribution in [0.3, 0.4) is 0 Å². The van der Waals surface area contributed by atoms with Gasteiger partial charge in [0.1, 0.15) is 0 Å². The summed E-state index contributed by atoms with van der Waals surface area (Å²) in [6.07, 6.45) is 4.25. The van der Waals surface area contributed by atoms with E-state index in [9.17, 15) is 14.0 Å². The van der Waals surface area contributed by atoms with Crippen molar-refractivity contribution in [2.24, 2.45) is 0 Å². The van der Waals surface area contributed by atoms with Gasteiger partial charge >= 0.3 is 5.97 Å². The van der Waals surface area contributed by atoms with Gasteiger partial charge in [-0.25, -0.2) is 9.18 Å². The molecule has 21 heavy (non-hydrogen) atoms. The summed E-state index contributed by atoms with van der Waals surface area (Å²) in [5.74, 6) is -0.696. The normalized spacial score (nSPS) is 23.2. The molecule has 4 heteroatoms. The lowest BCUT2D eigenvalue weighted by Gasteiger charge is -2.26. The van der Waals surface area contributed by atoms with Crippen LogP contribution in [0.15, 0.2) is 24.3 Å². The molecule has 1 unspecified atom stereocenters. The first-order chi connectivity index (χ1) is 10.0. The molecule has 0 aliphatic heterocycles. The molecule has 1 aliphatic rings. The van der Waals surface area contributed by atoms with Gasteiger partial charge in [0.15, 0.2) is 11.5 Å². The second-order valence-electron chi connectivity index (χ2n) is 5.67. The van der Waals surface area contributed by atoms with Crippen LogP contribution in [0, 0.1) is 0 Å². The number of hydrogen-bond acceptors (Lipinski definition) is 3. The highest BCUT2D eigenvalue weighted by Gasteiger charge is 2.37. The minimum Gasteiger partial charge on any atom is -0.465 e. The summed E-state index contributed by atoms with van der Waals surface area (Å²) < 4.78 is 19.6. The number of ether oxygens (including phenoxy) is 1. The van der Waals surface area contributed by atoms with Crippen LogP contribution >= 0.6 is 0 Å². The van der Waals surface area contributed by atoms with E-state index in [1.165, 1.54) is 7.11 Å². The van der Waals surface area contributed by atoms with Crippen LogP contribution in [0.5, 0.6) is 0 Å². The van der Waals surface area contributed by atoms with Crippen molar-refractivity contribution in [3.05, 3.63) is 35.4 Å². The van der Waals surface area contributed by atoms with Crippen molar-refractivity contribution in [2.45, 2.75) is 50.6 Å². The third-order valence-corrected chi connectivity index (χ3v) is 4.09. The Morgan fingerprint density at radius 1 is 1.19 bits per heavy atom. The number of alkyl halides is 1. The minimum absolute atomic E-state index is 0.0906. The number of hydrogen-bond donors (Lipinski definition) is 0. The zero-order valence-corrected chi connectivity index (χ0v) is 12.4. The number of halogens is 1. The Bertz CT molecular complexity index is 509. The quantitative estimate of drug-likeness (QED) is 0.799. The lowest BCUT2D eigenvalue weighted by Crippen LogP contribution is -2.37. The van der Waals surface area contributed by atoms with E-state index in [0.29, 0.717) is 18.4 Å². The monoisotopic (exact) mass is 292 g/mol. The molecule has 0 bridgehead atoms. The fraction of sp³-hybridized carbons (Fsp3) is 0.529. The molecule has 1 aromatic rings. The molecule has 1 aliphatic carbocycles. The standard InChI is InChI=1S/C17H21FO3/c1-21-16(20)14-9-7-13(8-10-14)12-17(18)11-5-3-2-4-6-15(17)19/h7-10H,2-6,11-12H2,1H3. The van der Waals surface area contributed by atoms with Gasteiger partial charge < -0.3 is 4.74 Å². The van der Waals surface area contributed by atoms with Crippen LogP contribution in [0.1, 0.15) is 54.4 Å². The summed E-state index contributed by atoms with van der Waals surface area (Å²) >= 11 is 0. The summed E-state index contributed by atoms with van der Waals surface area (Å²) in [5.41, 5.74) is -0.593. The highest BCUT2D eigenvalue weighted by molar-refractivity contribution is 5.89. The minimum atomic E-state index is -1.76. The Hall–Kier alpha value is -1.71. The molecule has 1 saturated carbocycles. The highest BCUT2D eigenvalue weighted by Crippen LogP contribution is 2.30. The van der Waals surface area contributed by atoms with Gasteiger partial charge in [-0.3, -0.25) is 4.79 Å². The average molecular weight is 292 g/mol. The Kier molecular flexibility index (Phi) is 5.10. The first-order valence-electron chi connectivity index (χ1n) is 7.45. The van der Waals surface area contributed by atoms with Gasteiger partial charge in [-0.05, 0) is 37.0 Å². The van der Waals surface area contributed by atoms with Crippen molar-refractivity contribution in [1.82, 2.24) is 0 Å². The molecule has 1 atom stereocenters.